The molecule has 0 aromatic rings. The van der Waals surface area contributed by atoms with Crippen molar-refractivity contribution in [2.45, 2.75) is 44.8 Å². The Morgan fingerprint density at radius 1 is 1.31 bits per heavy atom. The van der Waals surface area contributed by atoms with Crippen molar-refractivity contribution in [3.05, 3.63) is 0 Å². The van der Waals surface area contributed by atoms with E-state index in [2.05, 4.69) is 12.2 Å². The Kier molecular flexibility index (Phi) is 7.76. The molecule has 0 saturated carbocycles. The quantitative estimate of drug-likeness (QED) is 0.610. The van der Waals surface area contributed by atoms with Gasteiger partial charge >= 0.3 is 0 Å². The normalized spacial score (nSPS) is 19.9. The third kappa shape index (κ3) is 6.43. The van der Waals surface area contributed by atoms with Crippen LogP contribution in [0.3, 0.4) is 0 Å². The van der Waals surface area contributed by atoms with E-state index in [0.29, 0.717) is 19.3 Å². The number of aliphatic hydroxyl groups excluding tert-OH is 1. The average molecular weight is 231 g/mol. The molecule has 0 spiro atoms. The molecule has 1 rings (SSSR count). The van der Waals surface area contributed by atoms with Crippen LogP contribution in [0.4, 0.5) is 0 Å². The molecule has 1 saturated heterocycles. The van der Waals surface area contributed by atoms with Gasteiger partial charge in [-0.15, -0.1) is 0 Å². The largest absolute Gasteiger partial charge is 0.388 e. The first kappa shape index (κ1) is 13.9. The monoisotopic (exact) mass is 231 g/mol. The Morgan fingerprint density at radius 3 is 2.75 bits per heavy atom. The molecular formula is C12H25NO3. The van der Waals surface area contributed by atoms with E-state index in [1.165, 1.54) is 0 Å². The minimum absolute atomic E-state index is 0.312. The number of piperidine rings is 1. The van der Waals surface area contributed by atoms with Gasteiger partial charge in [-0.25, -0.2) is 0 Å². The van der Waals surface area contributed by atoms with Crippen molar-refractivity contribution in [2.24, 2.45) is 0 Å². The number of nitrogens with one attached hydrogen (secondary N) is 1. The van der Waals surface area contributed by atoms with E-state index in [-0.39, 0.29) is 0 Å². The van der Waals surface area contributed by atoms with Gasteiger partial charge in [0.15, 0.2) is 0 Å². The zero-order valence-corrected chi connectivity index (χ0v) is 10.3. The van der Waals surface area contributed by atoms with E-state index in [4.69, 9.17) is 9.47 Å². The first-order valence-electron chi connectivity index (χ1n) is 6.41. The van der Waals surface area contributed by atoms with Crippen LogP contribution in [0, 0.1) is 0 Å². The van der Waals surface area contributed by atoms with Crippen molar-refractivity contribution < 1.29 is 14.6 Å². The summed E-state index contributed by atoms with van der Waals surface area (Å²) in [6, 6.07) is 0. The molecule has 0 aromatic carbocycles. The summed E-state index contributed by atoms with van der Waals surface area (Å²) in [6.45, 7) is 5.70. The number of hydrogen-bond donors (Lipinski definition) is 2. The predicted molar refractivity (Wildman–Crippen MR) is 63.6 cm³/mol. The lowest BCUT2D eigenvalue weighted by Crippen LogP contribution is -2.34. The Balaban J connectivity index is 1.94. The Labute approximate surface area is 98.3 Å². The summed E-state index contributed by atoms with van der Waals surface area (Å²) in [5.74, 6) is 0. The zero-order chi connectivity index (χ0) is 11.6. The highest BCUT2D eigenvalue weighted by atomic mass is 16.5. The molecule has 0 bridgehead atoms. The maximum absolute atomic E-state index is 9.61. The molecule has 96 valence electrons. The maximum atomic E-state index is 9.61. The number of unbranched alkanes of at least 4 members (excludes halogenated alkanes) is 1. The van der Waals surface area contributed by atoms with Gasteiger partial charge in [0.05, 0.1) is 19.3 Å². The second-order valence-corrected chi connectivity index (χ2v) is 4.36. The second-order valence-electron chi connectivity index (χ2n) is 4.36. The number of rotatable bonds is 8. The van der Waals surface area contributed by atoms with Crippen molar-refractivity contribution in [1.82, 2.24) is 5.32 Å². The van der Waals surface area contributed by atoms with E-state index in [9.17, 15) is 5.11 Å². The molecule has 4 heteroatoms. The summed E-state index contributed by atoms with van der Waals surface area (Å²) >= 11 is 0. The fourth-order valence-corrected chi connectivity index (χ4v) is 1.72. The molecule has 1 heterocycles. The van der Waals surface area contributed by atoms with Gasteiger partial charge in [-0.3, -0.25) is 0 Å². The molecule has 1 unspecified atom stereocenters. The minimum atomic E-state index is -0.480. The number of ether oxygens (including phenoxy) is 2. The van der Waals surface area contributed by atoms with E-state index in [0.717, 1.165) is 45.4 Å². The predicted octanol–water partition coefficient (Wildman–Crippen LogP) is 0.933. The summed E-state index contributed by atoms with van der Waals surface area (Å²) in [5.41, 5.74) is 0. The van der Waals surface area contributed by atoms with Gasteiger partial charge in [-0.1, -0.05) is 13.3 Å². The topological polar surface area (TPSA) is 50.7 Å². The number of aliphatic hydroxyl groups is 1. The molecule has 4 nitrogen and oxygen atoms in total. The highest BCUT2D eigenvalue weighted by Gasteiger charge is 2.15. The van der Waals surface area contributed by atoms with Crippen LogP contribution in [0.1, 0.15) is 32.6 Å². The van der Waals surface area contributed by atoms with E-state index in [1.54, 1.807) is 0 Å². The summed E-state index contributed by atoms with van der Waals surface area (Å²) in [7, 11) is 0. The van der Waals surface area contributed by atoms with Crippen LogP contribution >= 0.6 is 0 Å². The fraction of sp³-hybridized carbons (Fsp3) is 1.00. The fourth-order valence-electron chi connectivity index (χ4n) is 1.72. The minimum Gasteiger partial charge on any atom is -0.388 e. The smallest absolute Gasteiger partial charge is 0.101 e. The lowest BCUT2D eigenvalue weighted by Gasteiger charge is -2.24. The molecule has 0 aliphatic carbocycles. The first-order chi connectivity index (χ1) is 7.83. The molecule has 0 radical (unpaired) electrons. The van der Waals surface area contributed by atoms with Crippen molar-refractivity contribution >= 4 is 0 Å². The van der Waals surface area contributed by atoms with Crippen LogP contribution in [0.25, 0.3) is 0 Å². The Bertz CT molecular complexity index is 160. The summed E-state index contributed by atoms with van der Waals surface area (Å²) in [5, 5.41) is 12.9. The Hall–Kier alpha value is -0.160. The maximum Gasteiger partial charge on any atom is 0.101 e. The molecule has 0 aromatic heterocycles. The van der Waals surface area contributed by atoms with Gasteiger partial charge in [-0.2, -0.15) is 0 Å². The van der Waals surface area contributed by atoms with Crippen LogP contribution < -0.4 is 5.32 Å². The van der Waals surface area contributed by atoms with Crippen LogP contribution in [0.15, 0.2) is 0 Å². The van der Waals surface area contributed by atoms with Gasteiger partial charge in [0.25, 0.3) is 0 Å². The molecule has 1 aliphatic rings. The molecule has 0 amide bonds. The molecule has 16 heavy (non-hydrogen) atoms. The van der Waals surface area contributed by atoms with E-state index < -0.39 is 6.10 Å². The lowest BCUT2D eigenvalue weighted by molar-refractivity contribution is -0.0513. The van der Waals surface area contributed by atoms with Gasteiger partial charge in [0.1, 0.15) is 6.10 Å². The summed E-state index contributed by atoms with van der Waals surface area (Å²) in [6.07, 6.45) is 4.11. The molecule has 1 fully saturated rings. The van der Waals surface area contributed by atoms with E-state index >= 15 is 0 Å². The Morgan fingerprint density at radius 2 is 2.06 bits per heavy atom. The third-order valence-electron chi connectivity index (χ3n) is 2.76. The van der Waals surface area contributed by atoms with Gasteiger partial charge in [0, 0.05) is 6.61 Å². The molecule has 2 N–H and O–H groups in total. The van der Waals surface area contributed by atoms with Crippen molar-refractivity contribution in [1.29, 1.82) is 0 Å². The highest BCUT2D eigenvalue weighted by molar-refractivity contribution is 4.68. The molecular weight excluding hydrogens is 206 g/mol. The SMILES string of the molecule is CCCCOCC(O)COC1CCNCC1. The highest BCUT2D eigenvalue weighted by Crippen LogP contribution is 2.07. The van der Waals surface area contributed by atoms with Crippen LogP contribution in [0.5, 0.6) is 0 Å². The first-order valence-corrected chi connectivity index (χ1v) is 6.41. The second kappa shape index (κ2) is 8.93. The average Bonchev–Trinajstić information content (AvgIpc) is 2.33. The van der Waals surface area contributed by atoms with Gasteiger partial charge in [0.2, 0.25) is 0 Å². The van der Waals surface area contributed by atoms with Crippen LogP contribution in [0.2, 0.25) is 0 Å². The summed E-state index contributed by atoms with van der Waals surface area (Å²) in [4.78, 5) is 0. The summed E-state index contributed by atoms with van der Waals surface area (Å²) < 4.78 is 11.0. The lowest BCUT2D eigenvalue weighted by atomic mass is 10.1. The van der Waals surface area contributed by atoms with Gasteiger partial charge in [-0.05, 0) is 32.4 Å². The number of hydrogen-bond acceptors (Lipinski definition) is 4. The zero-order valence-electron chi connectivity index (χ0n) is 10.3. The van der Waals surface area contributed by atoms with E-state index in [1.807, 2.05) is 0 Å². The molecule has 1 atom stereocenters. The molecule has 1 aliphatic heterocycles. The van der Waals surface area contributed by atoms with Crippen LogP contribution in [-0.2, 0) is 9.47 Å². The van der Waals surface area contributed by atoms with Crippen LogP contribution in [-0.4, -0.2) is 50.2 Å². The van der Waals surface area contributed by atoms with Crippen molar-refractivity contribution in [2.75, 3.05) is 32.9 Å². The van der Waals surface area contributed by atoms with Gasteiger partial charge < -0.3 is 19.9 Å². The third-order valence-corrected chi connectivity index (χ3v) is 2.76. The van der Waals surface area contributed by atoms with Crippen molar-refractivity contribution in [3.63, 3.8) is 0 Å². The van der Waals surface area contributed by atoms with Crippen molar-refractivity contribution in [3.8, 4) is 0 Å². The standard InChI is InChI=1S/C12H25NO3/c1-2-3-8-15-9-11(14)10-16-12-4-6-13-7-5-12/h11-14H,2-10H2,1H3.